The summed E-state index contributed by atoms with van der Waals surface area (Å²) in [7, 11) is 1.67. The van der Waals surface area contributed by atoms with E-state index >= 15 is 0 Å². The summed E-state index contributed by atoms with van der Waals surface area (Å²) in [5.41, 5.74) is 2.29. The Morgan fingerprint density at radius 3 is 2.95 bits per heavy atom. The van der Waals surface area contributed by atoms with Gasteiger partial charge in [0, 0.05) is 33.4 Å². The van der Waals surface area contributed by atoms with Crippen molar-refractivity contribution in [2.45, 2.75) is 32.0 Å². The maximum Gasteiger partial charge on any atom is 0.208 e. The zero-order chi connectivity index (χ0) is 14.3. The standard InChI is InChI=1S/C12H26N4O3/c1-12(2)9-16(7-10(8-17)19-12)11(15-13)14-5-4-6-18-3/h10,17H,4-9,13H2,1-3H3,(H,14,15). The first-order chi connectivity index (χ1) is 9.02. The average Bonchev–Trinajstić information content (AvgIpc) is 2.37. The summed E-state index contributed by atoms with van der Waals surface area (Å²) >= 11 is 0. The Bertz CT molecular complexity index is 297. The van der Waals surface area contributed by atoms with Crippen LogP contribution >= 0.6 is 0 Å². The van der Waals surface area contributed by atoms with E-state index in [0.29, 0.717) is 32.2 Å². The van der Waals surface area contributed by atoms with Crippen LogP contribution in [-0.4, -0.2) is 67.6 Å². The molecule has 1 fully saturated rings. The van der Waals surface area contributed by atoms with Crippen LogP contribution in [-0.2, 0) is 9.47 Å². The van der Waals surface area contributed by atoms with E-state index in [0.717, 1.165) is 6.42 Å². The summed E-state index contributed by atoms with van der Waals surface area (Å²) in [5.74, 6) is 6.17. The molecule has 1 rings (SSSR count). The van der Waals surface area contributed by atoms with Crippen LogP contribution in [0.1, 0.15) is 20.3 Å². The first-order valence-corrected chi connectivity index (χ1v) is 6.56. The smallest absolute Gasteiger partial charge is 0.208 e. The molecule has 0 aliphatic carbocycles. The van der Waals surface area contributed by atoms with Crippen molar-refractivity contribution in [3.8, 4) is 0 Å². The molecule has 19 heavy (non-hydrogen) atoms. The number of aliphatic imine (C=N–C) groups is 1. The van der Waals surface area contributed by atoms with Crippen molar-refractivity contribution < 1.29 is 14.6 Å². The number of hydrogen-bond donors (Lipinski definition) is 3. The third kappa shape index (κ3) is 5.32. The highest BCUT2D eigenvalue weighted by Crippen LogP contribution is 2.20. The molecular weight excluding hydrogens is 248 g/mol. The van der Waals surface area contributed by atoms with Crippen molar-refractivity contribution in [2.24, 2.45) is 10.8 Å². The van der Waals surface area contributed by atoms with E-state index in [9.17, 15) is 5.11 Å². The van der Waals surface area contributed by atoms with E-state index in [1.54, 1.807) is 7.11 Å². The van der Waals surface area contributed by atoms with Crippen molar-refractivity contribution in [3.05, 3.63) is 0 Å². The molecule has 1 atom stereocenters. The van der Waals surface area contributed by atoms with Crippen LogP contribution < -0.4 is 11.3 Å². The quantitative estimate of drug-likeness (QED) is 0.202. The van der Waals surface area contributed by atoms with Crippen LogP contribution in [0.5, 0.6) is 0 Å². The minimum Gasteiger partial charge on any atom is -0.394 e. The Morgan fingerprint density at radius 1 is 1.63 bits per heavy atom. The Balaban J connectivity index is 2.63. The Hall–Kier alpha value is -0.890. The topological polar surface area (TPSA) is 92.3 Å². The van der Waals surface area contributed by atoms with Gasteiger partial charge in [-0.25, -0.2) is 5.84 Å². The fourth-order valence-corrected chi connectivity index (χ4v) is 2.18. The molecule has 1 aliphatic heterocycles. The summed E-state index contributed by atoms with van der Waals surface area (Å²) in [6.07, 6.45) is 0.625. The highest BCUT2D eigenvalue weighted by atomic mass is 16.5. The third-order valence-corrected chi connectivity index (χ3v) is 2.88. The van der Waals surface area contributed by atoms with E-state index in [2.05, 4.69) is 10.4 Å². The summed E-state index contributed by atoms with van der Waals surface area (Å²) < 4.78 is 10.7. The number of methoxy groups -OCH3 is 1. The average molecular weight is 274 g/mol. The molecule has 1 aliphatic rings. The van der Waals surface area contributed by atoms with Gasteiger partial charge in [-0.05, 0) is 20.3 Å². The van der Waals surface area contributed by atoms with Crippen molar-refractivity contribution >= 4 is 5.96 Å². The SMILES string of the molecule is COCCCN=C(NN)N1CC(CO)OC(C)(C)C1. The molecule has 1 unspecified atom stereocenters. The van der Waals surface area contributed by atoms with E-state index in [1.807, 2.05) is 18.7 Å². The van der Waals surface area contributed by atoms with Gasteiger partial charge in [0.25, 0.3) is 0 Å². The number of nitrogens with one attached hydrogen (secondary N) is 1. The Kier molecular flexibility index (Phi) is 6.50. The molecule has 1 saturated heterocycles. The maximum absolute atomic E-state index is 9.28. The van der Waals surface area contributed by atoms with Crippen molar-refractivity contribution in [3.63, 3.8) is 0 Å². The molecule has 0 spiro atoms. The van der Waals surface area contributed by atoms with Crippen molar-refractivity contribution in [1.29, 1.82) is 0 Å². The minimum absolute atomic E-state index is 0.0124. The molecule has 0 amide bonds. The van der Waals surface area contributed by atoms with Gasteiger partial charge in [-0.2, -0.15) is 0 Å². The van der Waals surface area contributed by atoms with Gasteiger partial charge >= 0.3 is 0 Å². The van der Waals surface area contributed by atoms with Crippen LogP contribution in [0.15, 0.2) is 4.99 Å². The van der Waals surface area contributed by atoms with Crippen LogP contribution in [0.25, 0.3) is 0 Å². The predicted molar refractivity (Wildman–Crippen MR) is 73.7 cm³/mol. The molecule has 4 N–H and O–H groups in total. The fraction of sp³-hybridized carbons (Fsp3) is 0.917. The molecule has 1 heterocycles. The lowest BCUT2D eigenvalue weighted by molar-refractivity contribution is -0.135. The second-order valence-corrected chi connectivity index (χ2v) is 5.26. The van der Waals surface area contributed by atoms with Crippen molar-refractivity contribution in [1.82, 2.24) is 10.3 Å². The van der Waals surface area contributed by atoms with Gasteiger partial charge in [-0.1, -0.05) is 0 Å². The number of rotatable bonds is 5. The highest BCUT2D eigenvalue weighted by Gasteiger charge is 2.34. The first kappa shape index (κ1) is 16.2. The number of aliphatic hydroxyl groups excluding tert-OH is 1. The molecular formula is C12H26N4O3. The number of guanidine groups is 1. The van der Waals surface area contributed by atoms with E-state index < -0.39 is 0 Å². The summed E-state index contributed by atoms with van der Waals surface area (Å²) in [6.45, 7) is 6.54. The Morgan fingerprint density at radius 2 is 2.37 bits per heavy atom. The summed E-state index contributed by atoms with van der Waals surface area (Å²) in [4.78, 5) is 6.44. The van der Waals surface area contributed by atoms with Gasteiger partial charge in [0.2, 0.25) is 5.96 Å². The monoisotopic (exact) mass is 274 g/mol. The lowest BCUT2D eigenvalue weighted by Gasteiger charge is -2.43. The predicted octanol–water partition coefficient (Wildman–Crippen LogP) is -0.686. The fourth-order valence-electron chi connectivity index (χ4n) is 2.18. The summed E-state index contributed by atoms with van der Waals surface area (Å²) in [6, 6.07) is 0. The van der Waals surface area contributed by atoms with Crippen LogP contribution in [0.3, 0.4) is 0 Å². The number of morpholine rings is 1. The molecule has 7 heteroatoms. The zero-order valence-corrected chi connectivity index (χ0v) is 12.1. The summed E-state index contributed by atoms with van der Waals surface area (Å²) in [5, 5.41) is 9.28. The Labute approximate surface area is 114 Å². The largest absolute Gasteiger partial charge is 0.394 e. The first-order valence-electron chi connectivity index (χ1n) is 6.56. The number of nitrogens with zero attached hydrogens (tertiary/aromatic N) is 2. The van der Waals surface area contributed by atoms with Gasteiger partial charge in [0.15, 0.2) is 0 Å². The molecule has 7 nitrogen and oxygen atoms in total. The molecule has 0 aromatic heterocycles. The van der Waals surface area contributed by atoms with Crippen LogP contribution in [0.2, 0.25) is 0 Å². The van der Waals surface area contributed by atoms with Crippen LogP contribution in [0.4, 0.5) is 0 Å². The molecule has 0 saturated carbocycles. The lowest BCUT2D eigenvalue weighted by atomic mass is 10.1. The lowest BCUT2D eigenvalue weighted by Crippen LogP contribution is -2.59. The number of hydrazine groups is 1. The van der Waals surface area contributed by atoms with Gasteiger partial charge in [0.1, 0.15) is 0 Å². The number of ether oxygens (including phenoxy) is 2. The minimum atomic E-state index is -0.338. The third-order valence-electron chi connectivity index (χ3n) is 2.88. The van der Waals surface area contributed by atoms with Gasteiger partial charge in [-0.3, -0.25) is 10.4 Å². The van der Waals surface area contributed by atoms with E-state index in [4.69, 9.17) is 15.3 Å². The van der Waals surface area contributed by atoms with E-state index in [-0.39, 0.29) is 18.3 Å². The van der Waals surface area contributed by atoms with Gasteiger partial charge in [0.05, 0.1) is 18.3 Å². The molecule has 0 bridgehead atoms. The van der Waals surface area contributed by atoms with Gasteiger partial charge < -0.3 is 19.5 Å². The second-order valence-electron chi connectivity index (χ2n) is 5.26. The molecule has 112 valence electrons. The number of hydrogen-bond acceptors (Lipinski definition) is 5. The van der Waals surface area contributed by atoms with Crippen LogP contribution in [0, 0.1) is 0 Å². The molecule has 0 aromatic carbocycles. The zero-order valence-electron chi connectivity index (χ0n) is 12.1. The van der Waals surface area contributed by atoms with Gasteiger partial charge in [-0.15, -0.1) is 0 Å². The number of aliphatic hydroxyl groups is 1. The van der Waals surface area contributed by atoms with E-state index in [1.165, 1.54) is 0 Å². The normalized spacial score (nSPS) is 23.5. The van der Waals surface area contributed by atoms with Crippen molar-refractivity contribution in [2.75, 3.05) is 40.0 Å². The number of nitrogens with two attached hydrogens (primary N) is 1. The highest BCUT2D eigenvalue weighted by molar-refractivity contribution is 5.79. The molecule has 0 radical (unpaired) electrons. The molecule has 0 aromatic rings. The maximum atomic E-state index is 9.28. The second kappa shape index (κ2) is 7.64.